The van der Waals surface area contributed by atoms with Gasteiger partial charge in [0.2, 0.25) is 15.9 Å². The molecule has 0 atom stereocenters. The third kappa shape index (κ3) is 5.85. The van der Waals surface area contributed by atoms with Crippen molar-refractivity contribution in [3.63, 3.8) is 0 Å². The smallest absolute Gasteiger partial charge is 0.243 e. The van der Waals surface area contributed by atoms with Crippen LogP contribution in [0.3, 0.4) is 0 Å². The van der Waals surface area contributed by atoms with Crippen molar-refractivity contribution in [1.29, 1.82) is 0 Å². The summed E-state index contributed by atoms with van der Waals surface area (Å²) >= 11 is 0. The molecule has 1 saturated heterocycles. The van der Waals surface area contributed by atoms with Gasteiger partial charge in [0.1, 0.15) is 5.82 Å². The zero-order valence-corrected chi connectivity index (χ0v) is 17.3. The topological polar surface area (TPSA) is 69.7 Å². The summed E-state index contributed by atoms with van der Waals surface area (Å²) in [5, 5.41) is 2.78. The van der Waals surface area contributed by atoms with E-state index >= 15 is 0 Å². The number of amides is 1. The number of rotatable bonds is 7. The van der Waals surface area contributed by atoms with E-state index in [0.29, 0.717) is 25.3 Å². The molecule has 6 nitrogen and oxygen atoms in total. The van der Waals surface area contributed by atoms with Crippen molar-refractivity contribution in [3.8, 4) is 0 Å². The van der Waals surface area contributed by atoms with Crippen LogP contribution in [0.1, 0.15) is 24.8 Å². The lowest BCUT2D eigenvalue weighted by Crippen LogP contribution is -2.35. The molecule has 1 aliphatic rings. The monoisotopic (exact) mass is 419 g/mol. The van der Waals surface area contributed by atoms with Crippen LogP contribution in [0.25, 0.3) is 0 Å². The van der Waals surface area contributed by atoms with E-state index in [0.717, 1.165) is 24.8 Å². The SMILES string of the molecule is CN(CC(=O)Nc1ccc(S(=O)(=O)N2CCCCC2)cc1)Cc1ccc(F)cc1. The number of halogens is 1. The highest BCUT2D eigenvalue weighted by molar-refractivity contribution is 7.89. The second kappa shape index (κ2) is 9.47. The van der Waals surface area contributed by atoms with Gasteiger partial charge in [0, 0.05) is 25.3 Å². The zero-order chi connectivity index (χ0) is 20.9. The number of hydrogen-bond acceptors (Lipinski definition) is 4. The van der Waals surface area contributed by atoms with Crippen LogP contribution >= 0.6 is 0 Å². The summed E-state index contributed by atoms with van der Waals surface area (Å²) in [6.45, 7) is 1.79. The van der Waals surface area contributed by atoms with E-state index < -0.39 is 10.0 Å². The molecule has 1 amide bonds. The predicted molar refractivity (Wildman–Crippen MR) is 110 cm³/mol. The van der Waals surface area contributed by atoms with Crippen LogP contribution in [0.5, 0.6) is 0 Å². The van der Waals surface area contributed by atoms with E-state index in [1.807, 2.05) is 4.90 Å². The van der Waals surface area contributed by atoms with E-state index in [2.05, 4.69) is 5.32 Å². The number of carbonyl (C=O) groups excluding carboxylic acids is 1. The molecule has 0 unspecified atom stereocenters. The molecule has 0 radical (unpaired) electrons. The lowest BCUT2D eigenvalue weighted by Gasteiger charge is -2.25. The van der Waals surface area contributed by atoms with Gasteiger partial charge in [-0.05, 0) is 61.9 Å². The molecular weight excluding hydrogens is 393 g/mol. The summed E-state index contributed by atoms with van der Waals surface area (Å²) in [6, 6.07) is 12.4. The first-order valence-electron chi connectivity index (χ1n) is 9.68. The summed E-state index contributed by atoms with van der Waals surface area (Å²) in [6.07, 6.45) is 2.84. The van der Waals surface area contributed by atoms with Crippen LogP contribution < -0.4 is 5.32 Å². The minimum Gasteiger partial charge on any atom is -0.325 e. The molecule has 0 aliphatic carbocycles. The summed E-state index contributed by atoms with van der Waals surface area (Å²) in [5.74, 6) is -0.499. The third-order valence-electron chi connectivity index (χ3n) is 4.87. The van der Waals surface area contributed by atoms with Gasteiger partial charge in [0.25, 0.3) is 0 Å². The maximum Gasteiger partial charge on any atom is 0.243 e. The molecule has 3 rings (SSSR count). The molecule has 2 aromatic carbocycles. The fraction of sp³-hybridized carbons (Fsp3) is 0.381. The van der Waals surface area contributed by atoms with Crippen LogP contribution in [0.4, 0.5) is 10.1 Å². The highest BCUT2D eigenvalue weighted by Crippen LogP contribution is 2.22. The Kier molecular flexibility index (Phi) is 7.00. The number of nitrogens with zero attached hydrogens (tertiary/aromatic N) is 2. The van der Waals surface area contributed by atoms with Gasteiger partial charge in [-0.25, -0.2) is 12.8 Å². The van der Waals surface area contributed by atoms with Gasteiger partial charge in [-0.15, -0.1) is 0 Å². The molecule has 156 valence electrons. The number of hydrogen-bond donors (Lipinski definition) is 1. The molecule has 1 N–H and O–H groups in total. The van der Waals surface area contributed by atoms with Crippen LogP contribution in [0.2, 0.25) is 0 Å². The second-order valence-electron chi connectivity index (χ2n) is 7.34. The summed E-state index contributed by atoms with van der Waals surface area (Å²) in [7, 11) is -1.68. The molecule has 2 aromatic rings. The average molecular weight is 420 g/mol. The second-order valence-corrected chi connectivity index (χ2v) is 9.27. The molecule has 0 bridgehead atoms. The van der Waals surface area contributed by atoms with E-state index in [-0.39, 0.29) is 23.2 Å². The summed E-state index contributed by atoms with van der Waals surface area (Å²) in [4.78, 5) is 14.3. The van der Waals surface area contributed by atoms with E-state index in [1.165, 1.54) is 28.6 Å². The Morgan fingerprint density at radius 1 is 1.03 bits per heavy atom. The number of piperidine rings is 1. The molecule has 1 aliphatic heterocycles. The van der Waals surface area contributed by atoms with Crippen molar-refractivity contribution in [2.45, 2.75) is 30.7 Å². The number of nitrogens with one attached hydrogen (secondary N) is 1. The fourth-order valence-electron chi connectivity index (χ4n) is 3.37. The molecule has 0 aromatic heterocycles. The maximum atomic E-state index is 13.0. The number of benzene rings is 2. The van der Waals surface area contributed by atoms with Gasteiger partial charge in [-0.1, -0.05) is 18.6 Å². The number of sulfonamides is 1. The van der Waals surface area contributed by atoms with Crippen molar-refractivity contribution >= 4 is 21.6 Å². The third-order valence-corrected chi connectivity index (χ3v) is 6.78. The van der Waals surface area contributed by atoms with Gasteiger partial charge >= 0.3 is 0 Å². The number of likely N-dealkylation sites (N-methyl/N-ethyl adjacent to an activating group) is 1. The Balaban J connectivity index is 1.54. The van der Waals surface area contributed by atoms with E-state index in [1.54, 1.807) is 31.3 Å². The van der Waals surface area contributed by atoms with Crippen molar-refractivity contribution < 1.29 is 17.6 Å². The van der Waals surface area contributed by atoms with Gasteiger partial charge in [0.15, 0.2) is 0 Å². The van der Waals surface area contributed by atoms with Crippen LogP contribution in [0, 0.1) is 5.82 Å². The lowest BCUT2D eigenvalue weighted by molar-refractivity contribution is -0.117. The first kappa shape index (κ1) is 21.4. The van der Waals surface area contributed by atoms with Crippen LogP contribution in [-0.2, 0) is 21.4 Å². The Hall–Kier alpha value is -2.29. The highest BCUT2D eigenvalue weighted by atomic mass is 32.2. The van der Waals surface area contributed by atoms with Gasteiger partial charge in [-0.2, -0.15) is 4.31 Å². The maximum absolute atomic E-state index is 13.0. The first-order chi connectivity index (χ1) is 13.8. The van der Waals surface area contributed by atoms with E-state index in [4.69, 9.17) is 0 Å². The van der Waals surface area contributed by atoms with E-state index in [9.17, 15) is 17.6 Å². The summed E-state index contributed by atoms with van der Waals surface area (Å²) < 4.78 is 39.8. The van der Waals surface area contributed by atoms with Crippen molar-refractivity contribution in [1.82, 2.24) is 9.21 Å². The highest BCUT2D eigenvalue weighted by Gasteiger charge is 2.25. The molecule has 1 fully saturated rings. The number of carbonyl (C=O) groups is 1. The molecule has 1 heterocycles. The Morgan fingerprint density at radius 3 is 2.28 bits per heavy atom. The molecule has 0 spiro atoms. The van der Waals surface area contributed by atoms with Gasteiger partial charge in [-0.3, -0.25) is 9.69 Å². The largest absolute Gasteiger partial charge is 0.325 e. The minimum atomic E-state index is -3.48. The minimum absolute atomic E-state index is 0.158. The molecule has 29 heavy (non-hydrogen) atoms. The average Bonchev–Trinajstić information content (AvgIpc) is 2.70. The quantitative estimate of drug-likeness (QED) is 0.749. The lowest BCUT2D eigenvalue weighted by atomic mass is 10.2. The normalized spacial score (nSPS) is 15.4. The molecular formula is C21H26FN3O3S. The standard InChI is InChI=1S/C21H26FN3O3S/c1-24(15-17-5-7-18(22)8-6-17)16-21(26)23-19-9-11-20(12-10-19)29(27,28)25-13-3-2-4-14-25/h5-12H,2-4,13-16H2,1H3,(H,23,26). The first-order valence-corrected chi connectivity index (χ1v) is 11.1. The molecule has 8 heteroatoms. The zero-order valence-electron chi connectivity index (χ0n) is 16.5. The Morgan fingerprint density at radius 2 is 1.66 bits per heavy atom. The van der Waals surface area contributed by atoms with Crippen molar-refractivity contribution in [2.75, 3.05) is 32.0 Å². The predicted octanol–water partition coefficient (Wildman–Crippen LogP) is 3.07. The fourth-order valence-corrected chi connectivity index (χ4v) is 4.88. The Labute approximate surface area is 171 Å². The molecule has 0 saturated carbocycles. The van der Waals surface area contributed by atoms with Gasteiger partial charge in [0.05, 0.1) is 11.4 Å². The van der Waals surface area contributed by atoms with Crippen molar-refractivity contribution in [2.24, 2.45) is 0 Å². The van der Waals surface area contributed by atoms with Crippen molar-refractivity contribution in [3.05, 3.63) is 59.9 Å². The summed E-state index contributed by atoms with van der Waals surface area (Å²) in [5.41, 5.74) is 1.46. The van der Waals surface area contributed by atoms with Crippen LogP contribution in [-0.4, -0.2) is 50.2 Å². The number of anilines is 1. The van der Waals surface area contributed by atoms with Gasteiger partial charge < -0.3 is 5.32 Å². The van der Waals surface area contributed by atoms with Crippen LogP contribution in [0.15, 0.2) is 53.4 Å². The Bertz CT molecular complexity index is 925.